The number of rotatable bonds is 4. The lowest BCUT2D eigenvalue weighted by Crippen LogP contribution is -2.28. The van der Waals surface area contributed by atoms with Crippen LogP contribution in [0.15, 0.2) is 53.5 Å². The van der Waals surface area contributed by atoms with Crippen LogP contribution in [0.5, 0.6) is 0 Å². The molecule has 0 saturated heterocycles. The molecule has 0 radical (unpaired) electrons. The molecule has 2 aromatic carbocycles. The van der Waals surface area contributed by atoms with Gasteiger partial charge in [0.25, 0.3) is 0 Å². The van der Waals surface area contributed by atoms with E-state index in [1.807, 2.05) is 36.4 Å². The molecule has 0 saturated carbocycles. The number of benzene rings is 2. The van der Waals surface area contributed by atoms with Crippen LogP contribution in [-0.4, -0.2) is 16.8 Å². The van der Waals surface area contributed by atoms with Gasteiger partial charge in [0.05, 0.1) is 12.0 Å². The van der Waals surface area contributed by atoms with Gasteiger partial charge < -0.3 is 11.1 Å². The molecule has 3 rings (SSSR count). The summed E-state index contributed by atoms with van der Waals surface area (Å²) in [6.07, 6.45) is 1.22. The van der Waals surface area contributed by atoms with E-state index in [1.165, 1.54) is 0 Å². The van der Waals surface area contributed by atoms with Crippen LogP contribution in [0.4, 0.5) is 5.69 Å². The van der Waals surface area contributed by atoms with Gasteiger partial charge in [-0.1, -0.05) is 47.6 Å². The summed E-state index contributed by atoms with van der Waals surface area (Å²) in [4.78, 5) is 16.9. The van der Waals surface area contributed by atoms with E-state index in [9.17, 15) is 4.79 Å². The Balaban J connectivity index is 1.72. The summed E-state index contributed by atoms with van der Waals surface area (Å²) in [6.45, 7) is 2.08. The Labute approximate surface area is 156 Å². The quantitative estimate of drug-likeness (QED) is 0.844. The third kappa shape index (κ3) is 4.55. The lowest BCUT2D eigenvalue weighted by Gasteiger charge is -2.30. The SMILES string of the molecule is CC1(c2cccc(NC(=O)Cc3ccc(Cl)cc3)c2)CCSC(N)=N1. The highest BCUT2D eigenvalue weighted by Gasteiger charge is 2.29. The molecule has 2 aromatic rings. The molecule has 1 aliphatic rings. The maximum Gasteiger partial charge on any atom is 0.228 e. The third-order valence-corrected chi connectivity index (χ3v) is 5.29. The molecular formula is C19H20ClN3OS. The zero-order valence-electron chi connectivity index (χ0n) is 14.0. The second kappa shape index (κ2) is 7.50. The van der Waals surface area contributed by atoms with Crippen molar-refractivity contribution in [1.29, 1.82) is 0 Å². The van der Waals surface area contributed by atoms with Crippen molar-refractivity contribution in [3.8, 4) is 0 Å². The maximum atomic E-state index is 12.3. The largest absolute Gasteiger partial charge is 0.379 e. The van der Waals surface area contributed by atoms with Crippen LogP contribution in [0, 0.1) is 0 Å². The fourth-order valence-corrected chi connectivity index (χ4v) is 3.92. The van der Waals surface area contributed by atoms with Crippen LogP contribution < -0.4 is 11.1 Å². The van der Waals surface area contributed by atoms with Crippen molar-refractivity contribution in [2.75, 3.05) is 11.1 Å². The summed E-state index contributed by atoms with van der Waals surface area (Å²) >= 11 is 7.45. The molecule has 1 amide bonds. The molecule has 1 unspecified atom stereocenters. The lowest BCUT2D eigenvalue weighted by atomic mass is 9.89. The van der Waals surface area contributed by atoms with Crippen LogP contribution in [0.2, 0.25) is 5.02 Å². The van der Waals surface area contributed by atoms with Crippen molar-refractivity contribution in [2.24, 2.45) is 10.7 Å². The van der Waals surface area contributed by atoms with Crippen molar-refractivity contribution in [3.05, 3.63) is 64.7 Å². The number of carbonyl (C=O) groups is 1. The highest BCUT2D eigenvalue weighted by Crippen LogP contribution is 2.35. The number of hydrogen-bond donors (Lipinski definition) is 2. The first-order chi connectivity index (χ1) is 11.9. The Bertz CT molecular complexity index is 807. The number of aliphatic imine (C=N–C) groups is 1. The number of anilines is 1. The molecule has 1 aliphatic heterocycles. The molecule has 0 fully saturated rings. The third-order valence-electron chi connectivity index (χ3n) is 4.24. The van der Waals surface area contributed by atoms with E-state index in [0.29, 0.717) is 16.6 Å². The van der Waals surface area contributed by atoms with Gasteiger partial charge >= 0.3 is 0 Å². The summed E-state index contributed by atoms with van der Waals surface area (Å²) in [5.74, 6) is 0.880. The molecule has 4 nitrogen and oxygen atoms in total. The van der Waals surface area contributed by atoms with Crippen molar-refractivity contribution in [1.82, 2.24) is 0 Å². The molecule has 0 bridgehead atoms. The molecule has 1 heterocycles. The summed E-state index contributed by atoms with van der Waals surface area (Å²) < 4.78 is 0. The van der Waals surface area contributed by atoms with Gasteiger partial charge in [0, 0.05) is 16.5 Å². The number of amides is 1. The number of amidine groups is 1. The maximum absolute atomic E-state index is 12.3. The summed E-state index contributed by atoms with van der Waals surface area (Å²) in [5, 5.41) is 4.24. The normalized spacial score (nSPS) is 20.0. The van der Waals surface area contributed by atoms with Crippen molar-refractivity contribution >= 4 is 40.1 Å². The van der Waals surface area contributed by atoms with Crippen LogP contribution in [0.25, 0.3) is 0 Å². The Hall–Kier alpha value is -1.98. The van der Waals surface area contributed by atoms with E-state index in [2.05, 4.69) is 17.2 Å². The Morgan fingerprint density at radius 3 is 2.80 bits per heavy atom. The predicted molar refractivity (Wildman–Crippen MR) is 106 cm³/mol. The summed E-state index contributed by atoms with van der Waals surface area (Å²) in [5.41, 5.74) is 8.30. The molecule has 0 aliphatic carbocycles. The smallest absolute Gasteiger partial charge is 0.228 e. The second-order valence-electron chi connectivity index (χ2n) is 6.25. The van der Waals surface area contributed by atoms with E-state index in [4.69, 9.17) is 17.3 Å². The standard InChI is InChI=1S/C19H20ClN3OS/c1-19(9-10-25-18(21)23-19)14-3-2-4-16(12-14)22-17(24)11-13-5-7-15(20)8-6-13/h2-8,12H,9-11H2,1H3,(H2,21,23)(H,22,24). The van der Waals surface area contributed by atoms with Gasteiger partial charge in [0.15, 0.2) is 5.17 Å². The predicted octanol–water partition coefficient (Wildman–Crippen LogP) is 4.19. The lowest BCUT2D eigenvalue weighted by molar-refractivity contribution is -0.115. The molecule has 130 valence electrons. The minimum Gasteiger partial charge on any atom is -0.379 e. The van der Waals surface area contributed by atoms with E-state index in [0.717, 1.165) is 29.0 Å². The van der Waals surface area contributed by atoms with Crippen molar-refractivity contribution < 1.29 is 4.79 Å². The van der Waals surface area contributed by atoms with E-state index >= 15 is 0 Å². The molecule has 1 atom stereocenters. The first-order valence-corrected chi connectivity index (χ1v) is 9.44. The zero-order valence-corrected chi connectivity index (χ0v) is 15.5. The molecule has 25 heavy (non-hydrogen) atoms. The summed E-state index contributed by atoms with van der Waals surface area (Å²) in [7, 11) is 0. The van der Waals surface area contributed by atoms with Gasteiger partial charge in [0.1, 0.15) is 0 Å². The first kappa shape index (κ1) is 17.8. The fourth-order valence-electron chi connectivity index (χ4n) is 2.82. The average Bonchev–Trinajstić information content (AvgIpc) is 2.57. The minimum absolute atomic E-state index is 0.0631. The van der Waals surface area contributed by atoms with Crippen LogP contribution in [-0.2, 0) is 16.8 Å². The fraction of sp³-hybridized carbons (Fsp3) is 0.263. The van der Waals surface area contributed by atoms with Crippen LogP contribution in [0.3, 0.4) is 0 Å². The molecule has 3 N–H and O–H groups in total. The van der Waals surface area contributed by atoms with E-state index in [1.54, 1.807) is 23.9 Å². The van der Waals surface area contributed by atoms with Gasteiger partial charge in [0.2, 0.25) is 5.91 Å². The minimum atomic E-state index is -0.341. The number of carbonyl (C=O) groups excluding carboxylic acids is 1. The Morgan fingerprint density at radius 2 is 2.08 bits per heavy atom. The number of nitrogens with one attached hydrogen (secondary N) is 1. The topological polar surface area (TPSA) is 67.5 Å². The van der Waals surface area contributed by atoms with E-state index in [-0.39, 0.29) is 11.4 Å². The molecule has 6 heteroatoms. The number of thioether (sulfide) groups is 1. The monoisotopic (exact) mass is 373 g/mol. The highest BCUT2D eigenvalue weighted by atomic mass is 35.5. The van der Waals surface area contributed by atoms with Gasteiger partial charge in [-0.05, 0) is 48.7 Å². The molecule has 0 spiro atoms. The highest BCUT2D eigenvalue weighted by molar-refractivity contribution is 8.13. The van der Waals surface area contributed by atoms with Gasteiger partial charge in [-0.2, -0.15) is 0 Å². The van der Waals surface area contributed by atoms with Gasteiger partial charge in [-0.15, -0.1) is 0 Å². The zero-order chi connectivity index (χ0) is 17.9. The number of hydrogen-bond acceptors (Lipinski definition) is 4. The average molecular weight is 374 g/mol. The Morgan fingerprint density at radius 1 is 1.32 bits per heavy atom. The van der Waals surface area contributed by atoms with Crippen molar-refractivity contribution in [3.63, 3.8) is 0 Å². The van der Waals surface area contributed by atoms with E-state index < -0.39 is 0 Å². The first-order valence-electron chi connectivity index (χ1n) is 8.08. The number of halogens is 1. The second-order valence-corrected chi connectivity index (χ2v) is 7.81. The van der Waals surface area contributed by atoms with Crippen LogP contribution in [0.1, 0.15) is 24.5 Å². The number of nitrogens with two attached hydrogens (primary N) is 1. The van der Waals surface area contributed by atoms with Gasteiger partial charge in [-0.25, -0.2) is 0 Å². The van der Waals surface area contributed by atoms with Crippen molar-refractivity contribution in [2.45, 2.75) is 25.3 Å². The van der Waals surface area contributed by atoms with Gasteiger partial charge in [-0.3, -0.25) is 9.79 Å². The molecular weight excluding hydrogens is 354 g/mol. The number of nitrogens with zero attached hydrogens (tertiary/aromatic N) is 1. The molecule has 0 aromatic heterocycles. The van der Waals surface area contributed by atoms with Crippen LogP contribution >= 0.6 is 23.4 Å². The Kier molecular flexibility index (Phi) is 5.35. The summed E-state index contributed by atoms with van der Waals surface area (Å²) in [6, 6.07) is 15.1.